The van der Waals surface area contributed by atoms with Crippen LogP contribution in [0.4, 0.5) is 0 Å². The summed E-state index contributed by atoms with van der Waals surface area (Å²) in [5.41, 5.74) is 3.33. The monoisotopic (exact) mass is 544 g/mol. The molecule has 0 radical (unpaired) electrons. The Labute approximate surface area is 228 Å². The maximum atomic E-state index is 13.7. The molecule has 0 aliphatic carbocycles. The molecule has 0 saturated heterocycles. The van der Waals surface area contributed by atoms with Gasteiger partial charge in [-0.25, -0.2) is 9.79 Å². The Morgan fingerprint density at radius 1 is 1.08 bits per heavy atom. The Morgan fingerprint density at radius 2 is 1.84 bits per heavy atom. The lowest BCUT2D eigenvalue weighted by molar-refractivity contribution is -0.139. The summed E-state index contributed by atoms with van der Waals surface area (Å²) >= 11 is 7.26. The molecule has 1 aliphatic heterocycles. The topological polar surface area (TPSA) is 69.9 Å². The summed E-state index contributed by atoms with van der Waals surface area (Å²) < 4.78 is 13.4. The van der Waals surface area contributed by atoms with Crippen molar-refractivity contribution in [3.05, 3.63) is 132 Å². The summed E-state index contributed by atoms with van der Waals surface area (Å²) in [5.74, 6) is 0.214. The van der Waals surface area contributed by atoms with Crippen LogP contribution in [0.15, 0.2) is 99.9 Å². The van der Waals surface area contributed by atoms with Gasteiger partial charge in [0, 0.05) is 5.02 Å². The van der Waals surface area contributed by atoms with Crippen LogP contribution >= 0.6 is 22.9 Å². The van der Waals surface area contributed by atoms with Gasteiger partial charge in [-0.05, 0) is 60.9 Å². The van der Waals surface area contributed by atoms with Crippen molar-refractivity contribution in [2.24, 2.45) is 4.99 Å². The molecule has 1 aliphatic rings. The number of hydrogen-bond donors (Lipinski definition) is 0. The van der Waals surface area contributed by atoms with Crippen LogP contribution in [-0.4, -0.2) is 17.1 Å². The molecule has 5 rings (SSSR count). The predicted molar refractivity (Wildman–Crippen MR) is 149 cm³/mol. The highest BCUT2D eigenvalue weighted by atomic mass is 35.5. The molecule has 0 spiro atoms. The highest BCUT2D eigenvalue weighted by molar-refractivity contribution is 7.07. The highest BCUT2D eigenvalue weighted by Crippen LogP contribution is 2.30. The number of benzene rings is 3. The first-order valence-corrected chi connectivity index (χ1v) is 13.4. The lowest BCUT2D eigenvalue weighted by Crippen LogP contribution is -2.39. The number of carbonyl (C=O) groups is 1. The second kappa shape index (κ2) is 11.2. The van der Waals surface area contributed by atoms with E-state index in [2.05, 4.69) is 4.99 Å². The van der Waals surface area contributed by atoms with Gasteiger partial charge in [-0.15, -0.1) is 0 Å². The number of aromatic nitrogens is 1. The highest BCUT2D eigenvalue weighted by Gasteiger charge is 2.33. The minimum absolute atomic E-state index is 0.218. The second-order valence-corrected chi connectivity index (χ2v) is 10.1. The fourth-order valence-corrected chi connectivity index (χ4v) is 5.51. The number of allylic oxidation sites excluding steroid dienone is 1. The molecule has 0 amide bonds. The summed E-state index contributed by atoms with van der Waals surface area (Å²) in [5, 5.41) is 0.677. The molecule has 6 nitrogen and oxygen atoms in total. The minimum atomic E-state index is -0.623. The van der Waals surface area contributed by atoms with Gasteiger partial charge in [0.1, 0.15) is 12.4 Å². The maximum Gasteiger partial charge on any atom is 0.338 e. The normalized spacial score (nSPS) is 15.1. The van der Waals surface area contributed by atoms with Crippen molar-refractivity contribution in [3.63, 3.8) is 0 Å². The van der Waals surface area contributed by atoms with E-state index in [1.165, 1.54) is 11.3 Å². The molecule has 8 heteroatoms. The van der Waals surface area contributed by atoms with Crippen LogP contribution in [0.3, 0.4) is 0 Å². The average Bonchev–Trinajstić information content (AvgIpc) is 3.22. The lowest BCUT2D eigenvalue weighted by atomic mass is 9.96. The van der Waals surface area contributed by atoms with Crippen LogP contribution in [0.2, 0.25) is 5.02 Å². The third kappa shape index (κ3) is 5.35. The molecule has 1 aromatic heterocycles. The van der Waals surface area contributed by atoms with Crippen molar-refractivity contribution in [2.75, 3.05) is 6.61 Å². The van der Waals surface area contributed by atoms with E-state index in [1.54, 1.807) is 18.4 Å². The summed E-state index contributed by atoms with van der Waals surface area (Å²) in [6.45, 7) is 4.17. The first-order chi connectivity index (χ1) is 18.4. The zero-order chi connectivity index (χ0) is 26.6. The van der Waals surface area contributed by atoms with E-state index < -0.39 is 12.0 Å². The van der Waals surface area contributed by atoms with Crippen LogP contribution in [0.5, 0.6) is 5.75 Å². The van der Waals surface area contributed by atoms with Gasteiger partial charge in [-0.2, -0.15) is 0 Å². The van der Waals surface area contributed by atoms with E-state index in [4.69, 9.17) is 21.1 Å². The molecule has 38 heavy (non-hydrogen) atoms. The van der Waals surface area contributed by atoms with Crippen molar-refractivity contribution in [2.45, 2.75) is 26.5 Å². The number of nitrogens with zero attached hydrogens (tertiary/aromatic N) is 2. The average molecular weight is 545 g/mol. The van der Waals surface area contributed by atoms with Gasteiger partial charge in [-0.1, -0.05) is 77.5 Å². The Balaban J connectivity index is 1.52. The number of rotatable bonds is 7. The number of thiazole rings is 1. The number of carbonyl (C=O) groups excluding carboxylic acids is 1. The van der Waals surface area contributed by atoms with Gasteiger partial charge in [0.25, 0.3) is 5.56 Å². The summed E-state index contributed by atoms with van der Waals surface area (Å²) in [4.78, 5) is 31.8. The SMILES string of the molecule is CCOC(=O)C1=C(C)N=c2s/c(=C\c3cccc(OCc4ccc(Cl)cc4)c3)c(=O)n2[C@@H]1c1ccccc1. The van der Waals surface area contributed by atoms with E-state index in [-0.39, 0.29) is 12.2 Å². The fourth-order valence-electron chi connectivity index (χ4n) is 4.34. The zero-order valence-electron chi connectivity index (χ0n) is 20.9. The first-order valence-electron chi connectivity index (χ1n) is 12.2. The first kappa shape index (κ1) is 25.7. The van der Waals surface area contributed by atoms with E-state index >= 15 is 0 Å². The van der Waals surface area contributed by atoms with Crippen molar-refractivity contribution < 1.29 is 14.3 Å². The second-order valence-electron chi connectivity index (χ2n) is 8.70. The number of esters is 1. The number of fused-ring (bicyclic) bond motifs is 1. The molecular weight excluding hydrogens is 520 g/mol. The fraction of sp³-hybridized carbons (Fsp3) is 0.167. The van der Waals surface area contributed by atoms with Crippen molar-refractivity contribution in [1.82, 2.24) is 4.57 Å². The zero-order valence-corrected chi connectivity index (χ0v) is 22.5. The molecule has 0 N–H and O–H groups in total. The standard InChI is InChI=1S/C30H25ClN2O4S/c1-3-36-29(35)26-19(2)32-30-33(27(26)22-9-5-4-6-10-22)28(34)25(38-30)17-21-8-7-11-24(16-21)37-18-20-12-14-23(31)15-13-20/h4-17,27H,3,18H2,1-2H3/b25-17-/t27-/m1/s1. The maximum absolute atomic E-state index is 13.7. The van der Waals surface area contributed by atoms with Gasteiger partial charge < -0.3 is 9.47 Å². The number of halogens is 1. The third-order valence-corrected chi connectivity index (χ3v) is 7.34. The van der Waals surface area contributed by atoms with Gasteiger partial charge in [-0.3, -0.25) is 9.36 Å². The third-order valence-electron chi connectivity index (χ3n) is 6.11. The molecule has 0 bridgehead atoms. The van der Waals surface area contributed by atoms with E-state index in [1.807, 2.05) is 84.9 Å². The van der Waals surface area contributed by atoms with E-state index in [0.29, 0.717) is 38.0 Å². The quantitative estimate of drug-likeness (QED) is 0.306. The van der Waals surface area contributed by atoms with Crippen LogP contribution < -0.4 is 19.6 Å². The number of hydrogen-bond acceptors (Lipinski definition) is 6. The van der Waals surface area contributed by atoms with E-state index in [0.717, 1.165) is 16.7 Å². The molecule has 192 valence electrons. The summed E-state index contributed by atoms with van der Waals surface area (Å²) in [7, 11) is 0. The van der Waals surface area contributed by atoms with Crippen molar-refractivity contribution in [1.29, 1.82) is 0 Å². The van der Waals surface area contributed by atoms with Crippen LogP contribution in [0, 0.1) is 0 Å². The van der Waals surface area contributed by atoms with Crippen molar-refractivity contribution in [3.8, 4) is 5.75 Å². The Morgan fingerprint density at radius 3 is 2.58 bits per heavy atom. The van der Waals surface area contributed by atoms with Gasteiger partial charge in [0.2, 0.25) is 0 Å². The van der Waals surface area contributed by atoms with Crippen LogP contribution in [0.25, 0.3) is 6.08 Å². The smallest absolute Gasteiger partial charge is 0.338 e. The summed E-state index contributed by atoms with van der Waals surface area (Å²) in [6.07, 6.45) is 1.82. The van der Waals surface area contributed by atoms with E-state index in [9.17, 15) is 9.59 Å². The molecule has 3 aromatic carbocycles. The molecule has 0 fully saturated rings. The van der Waals surface area contributed by atoms with Crippen LogP contribution in [0.1, 0.15) is 36.6 Å². The van der Waals surface area contributed by atoms with Gasteiger partial charge in [0.05, 0.1) is 28.5 Å². The summed E-state index contributed by atoms with van der Waals surface area (Å²) in [6, 6.07) is 23.9. The molecule has 1 atom stereocenters. The van der Waals surface area contributed by atoms with Crippen LogP contribution in [-0.2, 0) is 16.1 Å². The predicted octanol–water partition coefficient (Wildman–Crippen LogP) is 5.03. The molecule has 0 saturated carbocycles. The lowest BCUT2D eigenvalue weighted by Gasteiger charge is -2.24. The molecule has 2 heterocycles. The molecule has 4 aromatic rings. The molecular formula is C30H25ClN2O4S. The largest absolute Gasteiger partial charge is 0.489 e. The Hall–Kier alpha value is -3.94. The van der Waals surface area contributed by atoms with Gasteiger partial charge in [0.15, 0.2) is 4.80 Å². The number of ether oxygens (including phenoxy) is 2. The van der Waals surface area contributed by atoms with Crippen molar-refractivity contribution >= 4 is 35.0 Å². The Bertz CT molecular complexity index is 1690. The van der Waals surface area contributed by atoms with Gasteiger partial charge >= 0.3 is 5.97 Å². The molecule has 0 unspecified atom stereocenters. The minimum Gasteiger partial charge on any atom is -0.489 e. The Kier molecular flexibility index (Phi) is 7.58.